The topological polar surface area (TPSA) is 52.6 Å². The van der Waals surface area contributed by atoms with Crippen LogP contribution in [0.15, 0.2) is 24.3 Å². The molecule has 1 aromatic carbocycles. The molecule has 0 saturated carbocycles. The first-order valence-corrected chi connectivity index (χ1v) is 5.83. The van der Waals surface area contributed by atoms with E-state index in [1.165, 1.54) is 0 Å². The second-order valence-corrected chi connectivity index (χ2v) is 3.41. The lowest BCUT2D eigenvalue weighted by atomic mass is 10.2. The highest BCUT2D eigenvalue weighted by atomic mass is 79.9. The van der Waals surface area contributed by atoms with Gasteiger partial charge in [0.15, 0.2) is 0 Å². The molecule has 1 rings (SSSR count). The van der Waals surface area contributed by atoms with E-state index in [4.69, 9.17) is 9.47 Å². The van der Waals surface area contributed by atoms with Gasteiger partial charge < -0.3 is 9.47 Å². The van der Waals surface area contributed by atoms with E-state index < -0.39 is 0 Å². The molecule has 0 heterocycles. The number of alkyl halides is 1. The Labute approximate surface area is 102 Å². The SMILES string of the molecule is CCOC(=O)c1ccc(OC(=O)CBr)cc1. The van der Waals surface area contributed by atoms with E-state index in [1.807, 2.05) is 0 Å². The maximum absolute atomic E-state index is 11.3. The molecule has 0 aliphatic carbocycles. The molecule has 0 spiro atoms. The third kappa shape index (κ3) is 3.66. The number of halogens is 1. The lowest BCUT2D eigenvalue weighted by molar-refractivity contribution is -0.131. The lowest BCUT2D eigenvalue weighted by Crippen LogP contribution is -2.09. The minimum absolute atomic E-state index is 0.132. The smallest absolute Gasteiger partial charge is 0.338 e. The van der Waals surface area contributed by atoms with Crippen LogP contribution in [-0.2, 0) is 9.53 Å². The van der Waals surface area contributed by atoms with E-state index in [2.05, 4.69) is 15.9 Å². The van der Waals surface area contributed by atoms with Gasteiger partial charge in [-0.1, -0.05) is 15.9 Å². The number of ether oxygens (including phenoxy) is 2. The molecule has 1 aromatic rings. The Morgan fingerprint density at radius 1 is 1.25 bits per heavy atom. The van der Waals surface area contributed by atoms with E-state index in [9.17, 15) is 9.59 Å². The molecule has 0 atom stereocenters. The van der Waals surface area contributed by atoms with Crippen LogP contribution in [0.3, 0.4) is 0 Å². The minimum Gasteiger partial charge on any atom is -0.462 e. The zero-order valence-corrected chi connectivity index (χ0v) is 10.3. The molecule has 16 heavy (non-hydrogen) atoms. The second kappa shape index (κ2) is 6.27. The Hall–Kier alpha value is -1.36. The average Bonchev–Trinajstić information content (AvgIpc) is 2.30. The van der Waals surface area contributed by atoms with Crippen LogP contribution in [0.1, 0.15) is 17.3 Å². The molecule has 0 unspecified atom stereocenters. The number of benzene rings is 1. The van der Waals surface area contributed by atoms with Crippen LogP contribution in [0, 0.1) is 0 Å². The van der Waals surface area contributed by atoms with Crippen LogP contribution in [-0.4, -0.2) is 23.9 Å². The Morgan fingerprint density at radius 2 is 1.88 bits per heavy atom. The third-order valence-electron chi connectivity index (χ3n) is 1.71. The van der Waals surface area contributed by atoms with Crippen LogP contribution < -0.4 is 4.74 Å². The number of carbonyl (C=O) groups excluding carboxylic acids is 2. The van der Waals surface area contributed by atoms with Crippen molar-refractivity contribution in [3.63, 3.8) is 0 Å². The fourth-order valence-electron chi connectivity index (χ4n) is 1.03. The van der Waals surface area contributed by atoms with Gasteiger partial charge >= 0.3 is 11.9 Å². The molecule has 5 heteroatoms. The van der Waals surface area contributed by atoms with Gasteiger partial charge in [-0.15, -0.1) is 0 Å². The first kappa shape index (κ1) is 12.7. The van der Waals surface area contributed by atoms with Crippen molar-refractivity contribution in [1.29, 1.82) is 0 Å². The summed E-state index contributed by atoms with van der Waals surface area (Å²) in [5, 5.41) is 0.132. The van der Waals surface area contributed by atoms with Crippen LogP contribution in [0.2, 0.25) is 0 Å². The monoisotopic (exact) mass is 286 g/mol. The van der Waals surface area contributed by atoms with Crippen molar-refractivity contribution in [2.45, 2.75) is 6.92 Å². The van der Waals surface area contributed by atoms with Gasteiger partial charge in [-0.25, -0.2) is 4.79 Å². The van der Waals surface area contributed by atoms with Crippen LogP contribution >= 0.6 is 15.9 Å². The Kier molecular flexibility index (Phi) is 4.98. The van der Waals surface area contributed by atoms with Gasteiger partial charge in [0.2, 0.25) is 0 Å². The fraction of sp³-hybridized carbons (Fsp3) is 0.273. The van der Waals surface area contributed by atoms with E-state index in [1.54, 1.807) is 31.2 Å². The molecule has 0 bridgehead atoms. The number of hydrogen-bond acceptors (Lipinski definition) is 4. The summed E-state index contributed by atoms with van der Waals surface area (Å²) < 4.78 is 9.74. The summed E-state index contributed by atoms with van der Waals surface area (Å²) >= 11 is 2.98. The largest absolute Gasteiger partial charge is 0.462 e. The summed E-state index contributed by atoms with van der Waals surface area (Å²) in [4.78, 5) is 22.2. The predicted octanol–water partition coefficient (Wildman–Crippen LogP) is 2.16. The third-order valence-corrected chi connectivity index (χ3v) is 2.16. The highest BCUT2D eigenvalue weighted by Crippen LogP contribution is 2.13. The standard InChI is InChI=1S/C11H11BrO4/c1-2-15-11(14)8-3-5-9(6-4-8)16-10(13)7-12/h3-6H,2,7H2,1H3. The summed E-state index contributed by atoms with van der Waals surface area (Å²) in [7, 11) is 0. The van der Waals surface area contributed by atoms with E-state index in [0.717, 1.165) is 0 Å². The molecule has 0 fully saturated rings. The minimum atomic E-state index is -0.388. The van der Waals surface area contributed by atoms with Gasteiger partial charge in [0.1, 0.15) is 11.1 Å². The first-order chi connectivity index (χ1) is 7.67. The summed E-state index contributed by atoms with van der Waals surface area (Å²) in [6, 6.07) is 6.20. The Morgan fingerprint density at radius 3 is 2.38 bits per heavy atom. The van der Waals surface area contributed by atoms with Crippen molar-refractivity contribution in [1.82, 2.24) is 0 Å². The van der Waals surface area contributed by atoms with Gasteiger partial charge in [0.25, 0.3) is 0 Å². The molecule has 0 aliphatic heterocycles. The molecule has 0 saturated heterocycles. The quantitative estimate of drug-likeness (QED) is 0.484. The number of hydrogen-bond donors (Lipinski definition) is 0. The molecular formula is C11H11BrO4. The second-order valence-electron chi connectivity index (χ2n) is 2.85. The molecular weight excluding hydrogens is 276 g/mol. The van der Waals surface area contributed by atoms with Gasteiger partial charge in [0.05, 0.1) is 12.2 Å². The molecule has 0 radical (unpaired) electrons. The van der Waals surface area contributed by atoms with Crippen molar-refractivity contribution in [2.75, 3.05) is 11.9 Å². The molecule has 0 aliphatic rings. The summed E-state index contributed by atoms with van der Waals surface area (Å²) in [5.74, 6) is -0.373. The van der Waals surface area contributed by atoms with Crippen molar-refractivity contribution < 1.29 is 19.1 Å². The predicted molar refractivity (Wildman–Crippen MR) is 61.8 cm³/mol. The van der Waals surface area contributed by atoms with E-state index in [-0.39, 0.29) is 17.3 Å². The first-order valence-electron chi connectivity index (χ1n) is 4.71. The van der Waals surface area contributed by atoms with E-state index in [0.29, 0.717) is 17.9 Å². The maximum atomic E-state index is 11.3. The van der Waals surface area contributed by atoms with Crippen LogP contribution in [0.4, 0.5) is 0 Å². The Bertz CT molecular complexity index is 372. The van der Waals surface area contributed by atoms with E-state index >= 15 is 0 Å². The maximum Gasteiger partial charge on any atom is 0.338 e. The molecule has 0 aromatic heterocycles. The van der Waals surface area contributed by atoms with Gasteiger partial charge in [-0.3, -0.25) is 4.79 Å². The van der Waals surface area contributed by atoms with Crippen molar-refractivity contribution >= 4 is 27.9 Å². The molecule has 86 valence electrons. The zero-order valence-electron chi connectivity index (χ0n) is 8.73. The zero-order chi connectivity index (χ0) is 12.0. The lowest BCUT2D eigenvalue weighted by Gasteiger charge is -2.04. The Balaban J connectivity index is 2.67. The highest BCUT2D eigenvalue weighted by Gasteiger charge is 2.07. The average molecular weight is 287 g/mol. The summed E-state index contributed by atoms with van der Waals surface area (Å²) in [6.07, 6.45) is 0. The number of rotatable bonds is 4. The molecule has 0 N–H and O–H groups in total. The van der Waals surface area contributed by atoms with Crippen molar-refractivity contribution in [3.05, 3.63) is 29.8 Å². The highest BCUT2D eigenvalue weighted by molar-refractivity contribution is 9.09. The molecule has 0 amide bonds. The number of carbonyl (C=O) groups is 2. The van der Waals surface area contributed by atoms with Gasteiger partial charge in [0, 0.05) is 0 Å². The van der Waals surface area contributed by atoms with Gasteiger partial charge in [-0.05, 0) is 31.2 Å². The number of esters is 2. The fourth-order valence-corrected chi connectivity index (χ4v) is 1.15. The van der Waals surface area contributed by atoms with Crippen molar-refractivity contribution in [2.24, 2.45) is 0 Å². The normalized spacial score (nSPS) is 9.62. The van der Waals surface area contributed by atoms with Crippen LogP contribution in [0.5, 0.6) is 5.75 Å². The van der Waals surface area contributed by atoms with Gasteiger partial charge in [-0.2, -0.15) is 0 Å². The summed E-state index contributed by atoms with van der Waals surface area (Å²) in [6.45, 7) is 2.07. The molecule has 4 nitrogen and oxygen atoms in total. The van der Waals surface area contributed by atoms with Crippen molar-refractivity contribution in [3.8, 4) is 5.75 Å². The summed E-state index contributed by atoms with van der Waals surface area (Å²) in [5.41, 5.74) is 0.431. The van der Waals surface area contributed by atoms with Crippen LogP contribution in [0.25, 0.3) is 0 Å².